The zero-order valence-corrected chi connectivity index (χ0v) is 15.8. The second-order valence-electron chi connectivity index (χ2n) is 6.95. The zero-order valence-electron chi connectivity index (χ0n) is 14.6. The van der Waals surface area contributed by atoms with E-state index in [-0.39, 0.29) is 0 Å². The summed E-state index contributed by atoms with van der Waals surface area (Å²) in [6, 6.07) is 1.68. The molecule has 1 saturated heterocycles. The Hall–Kier alpha value is -1.30. The van der Waals surface area contributed by atoms with Crippen molar-refractivity contribution in [2.75, 3.05) is 13.7 Å². The molecule has 8 heteroatoms. The molecule has 0 amide bonds. The average Bonchev–Trinajstić information content (AvgIpc) is 3.07. The quantitative estimate of drug-likeness (QED) is 0.470. The van der Waals surface area contributed by atoms with Crippen LogP contribution in [0.4, 0.5) is 0 Å². The summed E-state index contributed by atoms with van der Waals surface area (Å²) in [4.78, 5) is 12.2. The highest BCUT2D eigenvalue weighted by Gasteiger charge is 2.53. The van der Waals surface area contributed by atoms with E-state index in [2.05, 4.69) is 9.47 Å². The summed E-state index contributed by atoms with van der Waals surface area (Å²) in [5, 5.41) is 0. The summed E-state index contributed by atoms with van der Waals surface area (Å²) in [7, 11) is 2.90. The second kappa shape index (κ2) is 5.90. The van der Waals surface area contributed by atoms with E-state index < -0.39 is 24.3 Å². The van der Waals surface area contributed by atoms with Crippen LogP contribution in [0.1, 0.15) is 43.6 Å². The molecule has 1 fully saturated rings. The predicted octanol–water partition coefficient (Wildman–Crippen LogP) is 1.88. The summed E-state index contributed by atoms with van der Waals surface area (Å²) in [6.45, 7) is 8.45. The maximum Gasteiger partial charge on any atom is 0.498 e. The molecule has 24 heavy (non-hydrogen) atoms. The Morgan fingerprint density at radius 3 is 2.42 bits per heavy atom. The van der Waals surface area contributed by atoms with Crippen LogP contribution in [0.2, 0.25) is 0 Å². The van der Waals surface area contributed by atoms with E-state index in [1.54, 1.807) is 6.07 Å². The minimum atomic E-state index is -0.621. The highest BCUT2D eigenvalue weighted by Crippen LogP contribution is 2.41. The monoisotopic (exact) mass is 352 g/mol. The first-order chi connectivity index (χ1) is 11.2. The van der Waals surface area contributed by atoms with Crippen molar-refractivity contribution < 1.29 is 28.1 Å². The summed E-state index contributed by atoms with van der Waals surface area (Å²) in [5.74, 6) is 0.651. The third kappa shape index (κ3) is 2.59. The highest BCUT2D eigenvalue weighted by atomic mass is 31.0. The van der Waals surface area contributed by atoms with Gasteiger partial charge in [-0.1, -0.05) is 0 Å². The Balaban J connectivity index is 2.13. The molecule has 0 aromatic heterocycles. The van der Waals surface area contributed by atoms with Crippen LogP contribution in [0.25, 0.3) is 0 Å². The van der Waals surface area contributed by atoms with Gasteiger partial charge in [0.25, 0.3) is 0 Å². The van der Waals surface area contributed by atoms with Gasteiger partial charge in [-0.3, -0.25) is 0 Å². The third-order valence-electron chi connectivity index (χ3n) is 4.98. The average molecular weight is 352 g/mol. The molecule has 0 aliphatic carbocycles. The largest absolute Gasteiger partial charge is 0.498 e. The second-order valence-corrected chi connectivity index (χ2v) is 7.18. The van der Waals surface area contributed by atoms with Crippen LogP contribution in [-0.2, 0) is 20.5 Å². The van der Waals surface area contributed by atoms with Crippen molar-refractivity contribution in [2.45, 2.75) is 45.3 Å². The predicted molar refractivity (Wildman–Crippen MR) is 93.0 cm³/mol. The van der Waals surface area contributed by atoms with Crippen molar-refractivity contribution >= 4 is 28.0 Å². The van der Waals surface area contributed by atoms with Crippen LogP contribution in [0.15, 0.2) is 6.07 Å². The van der Waals surface area contributed by atoms with Gasteiger partial charge in [0.2, 0.25) is 0 Å². The first-order valence-electron chi connectivity index (χ1n) is 7.85. The molecular formula is C16H22BO6P. The molecular weight excluding hydrogens is 330 g/mol. The summed E-state index contributed by atoms with van der Waals surface area (Å²) in [5.41, 5.74) is 0.890. The Morgan fingerprint density at radius 2 is 1.88 bits per heavy atom. The van der Waals surface area contributed by atoms with E-state index in [0.717, 1.165) is 5.56 Å². The number of benzene rings is 1. The lowest BCUT2D eigenvalue weighted by molar-refractivity contribution is 0.00578. The molecule has 2 aliphatic rings. The Morgan fingerprint density at radius 1 is 1.25 bits per heavy atom. The van der Waals surface area contributed by atoms with Gasteiger partial charge in [0, 0.05) is 17.4 Å². The number of carbonyl (C=O) groups is 1. The number of esters is 1. The minimum absolute atomic E-state index is 0.335. The molecule has 1 atom stereocenters. The van der Waals surface area contributed by atoms with E-state index in [4.69, 9.17) is 23.3 Å². The zero-order chi connectivity index (χ0) is 17.7. The number of rotatable bonds is 3. The Bertz CT molecular complexity index is 672. The van der Waals surface area contributed by atoms with Gasteiger partial charge in [0.1, 0.15) is 17.1 Å². The fraction of sp³-hybridized carbons (Fsp3) is 0.562. The van der Waals surface area contributed by atoms with Crippen molar-refractivity contribution in [1.82, 2.24) is 0 Å². The SMILES string of the molecule is COC(=O)c1cc(B2OC(C)(C)C(C)(C)O2)c2c(c1OP)CCO2. The topological polar surface area (TPSA) is 63.2 Å². The van der Waals surface area contributed by atoms with Gasteiger partial charge in [-0.05, 0) is 33.8 Å². The van der Waals surface area contributed by atoms with E-state index in [1.807, 2.05) is 27.7 Å². The number of fused-ring (bicyclic) bond motifs is 1. The summed E-state index contributed by atoms with van der Waals surface area (Å²) in [6.07, 6.45) is 0.649. The number of methoxy groups -OCH3 is 1. The lowest BCUT2D eigenvalue weighted by atomic mass is 9.76. The van der Waals surface area contributed by atoms with Crippen molar-refractivity contribution in [3.05, 3.63) is 17.2 Å². The molecule has 6 nitrogen and oxygen atoms in total. The van der Waals surface area contributed by atoms with E-state index in [0.29, 0.717) is 35.6 Å². The fourth-order valence-electron chi connectivity index (χ4n) is 2.92. The lowest BCUT2D eigenvalue weighted by Gasteiger charge is -2.32. The third-order valence-corrected chi connectivity index (χ3v) is 5.22. The molecule has 1 aromatic carbocycles. The van der Waals surface area contributed by atoms with Crippen LogP contribution in [0.3, 0.4) is 0 Å². The van der Waals surface area contributed by atoms with Crippen molar-refractivity contribution in [2.24, 2.45) is 0 Å². The summed E-state index contributed by atoms with van der Waals surface area (Å²) < 4.78 is 28.3. The van der Waals surface area contributed by atoms with Crippen LogP contribution in [0.5, 0.6) is 11.5 Å². The van der Waals surface area contributed by atoms with Crippen LogP contribution in [-0.4, -0.2) is 38.0 Å². The lowest BCUT2D eigenvalue weighted by Crippen LogP contribution is -2.41. The molecule has 2 heterocycles. The number of hydrogen-bond acceptors (Lipinski definition) is 6. The highest BCUT2D eigenvalue weighted by molar-refractivity contribution is 7.10. The molecule has 2 aliphatic heterocycles. The molecule has 1 unspecified atom stereocenters. The van der Waals surface area contributed by atoms with E-state index in [1.165, 1.54) is 7.11 Å². The fourth-order valence-corrected chi connectivity index (χ4v) is 3.19. The maximum absolute atomic E-state index is 12.2. The molecule has 0 radical (unpaired) electrons. The van der Waals surface area contributed by atoms with Gasteiger partial charge in [0.15, 0.2) is 0 Å². The van der Waals surface area contributed by atoms with Crippen molar-refractivity contribution in [1.29, 1.82) is 0 Å². The molecule has 0 N–H and O–H groups in total. The van der Waals surface area contributed by atoms with Gasteiger partial charge < -0.3 is 23.3 Å². The van der Waals surface area contributed by atoms with E-state index in [9.17, 15) is 4.79 Å². The minimum Gasteiger partial charge on any atom is -0.493 e. The molecule has 0 saturated carbocycles. The molecule has 0 bridgehead atoms. The van der Waals surface area contributed by atoms with Gasteiger partial charge in [-0.15, -0.1) is 0 Å². The summed E-state index contributed by atoms with van der Waals surface area (Å²) >= 11 is 0. The maximum atomic E-state index is 12.2. The first-order valence-corrected chi connectivity index (χ1v) is 8.32. The van der Waals surface area contributed by atoms with Crippen LogP contribution in [0, 0.1) is 0 Å². The smallest absolute Gasteiger partial charge is 0.493 e. The molecule has 0 spiro atoms. The van der Waals surface area contributed by atoms with Crippen LogP contribution < -0.4 is 14.7 Å². The number of ether oxygens (including phenoxy) is 2. The van der Waals surface area contributed by atoms with Crippen molar-refractivity contribution in [3.8, 4) is 11.5 Å². The molecule has 1 aromatic rings. The molecule has 3 rings (SSSR count). The van der Waals surface area contributed by atoms with Gasteiger partial charge in [-0.2, -0.15) is 0 Å². The van der Waals surface area contributed by atoms with E-state index >= 15 is 0 Å². The van der Waals surface area contributed by atoms with Gasteiger partial charge in [-0.25, -0.2) is 4.79 Å². The Kier molecular flexibility index (Phi) is 4.31. The van der Waals surface area contributed by atoms with Gasteiger partial charge >= 0.3 is 13.1 Å². The number of carbonyl (C=O) groups excluding carboxylic acids is 1. The van der Waals surface area contributed by atoms with Gasteiger partial charge in [0.05, 0.1) is 34.4 Å². The first kappa shape index (κ1) is 17.5. The molecule has 130 valence electrons. The normalized spacial score (nSPS) is 20.5. The van der Waals surface area contributed by atoms with Crippen molar-refractivity contribution in [3.63, 3.8) is 0 Å². The standard InChI is InChI=1S/C16H22BO6P/c1-15(2)16(3,4)23-17(22-15)11-8-10(14(18)19-5)12(21-24)9-6-7-20-13(9)11/h8H,6-7,24H2,1-5H3. The van der Waals surface area contributed by atoms with Crippen LogP contribution >= 0.6 is 9.47 Å². The Labute approximate surface area is 144 Å². The number of hydrogen-bond donors (Lipinski definition) is 0.